The predicted octanol–water partition coefficient (Wildman–Crippen LogP) is 10.4. The Morgan fingerprint density at radius 2 is 1.15 bits per heavy atom. The van der Waals surface area contributed by atoms with Gasteiger partial charge in [0.1, 0.15) is 29.3 Å². The van der Waals surface area contributed by atoms with Gasteiger partial charge in [-0.15, -0.1) is 0 Å². The molecule has 8 aromatic rings. The summed E-state index contributed by atoms with van der Waals surface area (Å²) in [7, 11) is 0. The maximum absolute atomic E-state index is 6.68. The highest BCUT2D eigenvalue weighted by Crippen LogP contribution is 2.40. The molecule has 0 bridgehead atoms. The molecule has 1 aliphatic rings. The van der Waals surface area contributed by atoms with Crippen LogP contribution in [0.3, 0.4) is 0 Å². The Balaban J connectivity index is 1.13. The van der Waals surface area contributed by atoms with E-state index in [9.17, 15) is 0 Å². The molecule has 0 fully saturated rings. The molecular formula is C43H31N3O. The minimum atomic E-state index is -0.207. The lowest BCUT2D eigenvalue weighted by atomic mass is 9.95. The quantitative estimate of drug-likeness (QED) is 0.205. The van der Waals surface area contributed by atoms with Gasteiger partial charge in [-0.1, -0.05) is 158 Å². The molecule has 4 nitrogen and oxygen atoms in total. The fourth-order valence-corrected chi connectivity index (χ4v) is 6.92. The molecule has 224 valence electrons. The zero-order valence-electron chi connectivity index (χ0n) is 25.6. The zero-order chi connectivity index (χ0) is 31.2. The van der Waals surface area contributed by atoms with E-state index >= 15 is 0 Å². The van der Waals surface area contributed by atoms with Crippen molar-refractivity contribution < 1.29 is 4.42 Å². The molecule has 47 heavy (non-hydrogen) atoms. The lowest BCUT2D eigenvalue weighted by molar-refractivity contribution is 0.411. The number of fused-ring (bicyclic) bond motifs is 4. The Labute approximate surface area is 273 Å². The Kier molecular flexibility index (Phi) is 6.65. The van der Waals surface area contributed by atoms with Crippen molar-refractivity contribution in [2.45, 2.75) is 12.3 Å². The molecule has 2 atom stereocenters. The minimum Gasteiger partial charge on any atom is -0.455 e. The summed E-state index contributed by atoms with van der Waals surface area (Å²) < 4.78 is 6.68. The summed E-state index contributed by atoms with van der Waals surface area (Å²) in [6.45, 7) is 0. The van der Waals surface area contributed by atoms with Crippen molar-refractivity contribution in [2.75, 3.05) is 0 Å². The van der Waals surface area contributed by atoms with Gasteiger partial charge < -0.3 is 9.73 Å². The number of hydrogen-bond acceptors (Lipinski definition) is 4. The van der Waals surface area contributed by atoms with Crippen LogP contribution in [-0.2, 0) is 0 Å². The van der Waals surface area contributed by atoms with Crippen molar-refractivity contribution in [2.24, 2.45) is 4.99 Å². The summed E-state index contributed by atoms with van der Waals surface area (Å²) in [4.78, 5) is 5.10. The number of rotatable bonds is 5. The van der Waals surface area contributed by atoms with Gasteiger partial charge in [0.15, 0.2) is 0 Å². The molecule has 0 aliphatic carbocycles. The number of furan rings is 1. The maximum atomic E-state index is 6.68. The first kappa shape index (κ1) is 27.3. The number of nitrogens with one attached hydrogen (secondary N) is 2. The van der Waals surface area contributed by atoms with E-state index in [2.05, 4.69) is 162 Å². The Morgan fingerprint density at radius 1 is 0.511 bits per heavy atom. The van der Waals surface area contributed by atoms with E-state index in [4.69, 9.17) is 9.41 Å². The molecule has 1 aliphatic heterocycles. The third kappa shape index (κ3) is 4.87. The van der Waals surface area contributed by atoms with E-state index in [1.807, 2.05) is 12.1 Å². The topological polar surface area (TPSA) is 49.6 Å². The van der Waals surface area contributed by atoms with Gasteiger partial charge in [0.2, 0.25) is 0 Å². The Bertz CT molecular complexity index is 2410. The fourth-order valence-electron chi connectivity index (χ4n) is 6.92. The Morgan fingerprint density at radius 3 is 1.98 bits per heavy atom. The van der Waals surface area contributed by atoms with Crippen LogP contribution in [0.25, 0.3) is 55.0 Å². The van der Waals surface area contributed by atoms with Gasteiger partial charge in [0.25, 0.3) is 0 Å². The highest BCUT2D eigenvalue weighted by Gasteiger charge is 2.28. The highest BCUT2D eigenvalue weighted by atomic mass is 16.3. The number of hydrogen-bond donors (Lipinski definition) is 2. The molecule has 9 rings (SSSR count). The van der Waals surface area contributed by atoms with Crippen LogP contribution in [0, 0.1) is 0 Å². The van der Waals surface area contributed by atoms with E-state index in [1.54, 1.807) is 0 Å². The molecule has 2 heterocycles. The van der Waals surface area contributed by atoms with E-state index in [-0.39, 0.29) is 12.3 Å². The SMILES string of the molecule is c1ccc(C2=NC(c3ccccc3)NC(c3cccc4oc5c(-c6ccc(-c7cccc8ccccc78)cc6)cccc5c34)N2)cc1. The third-order valence-corrected chi connectivity index (χ3v) is 9.19. The largest absolute Gasteiger partial charge is 0.455 e. The predicted molar refractivity (Wildman–Crippen MR) is 193 cm³/mol. The first-order valence-electron chi connectivity index (χ1n) is 16.0. The molecule has 0 saturated carbocycles. The maximum Gasteiger partial charge on any atom is 0.143 e. The van der Waals surface area contributed by atoms with Crippen molar-refractivity contribution in [3.63, 3.8) is 0 Å². The van der Waals surface area contributed by atoms with Gasteiger partial charge in [-0.05, 0) is 39.1 Å². The van der Waals surface area contributed by atoms with Crippen LogP contribution in [0.2, 0.25) is 0 Å². The van der Waals surface area contributed by atoms with Gasteiger partial charge in [-0.2, -0.15) is 0 Å². The van der Waals surface area contributed by atoms with Crippen LogP contribution < -0.4 is 10.6 Å². The molecule has 4 heteroatoms. The second kappa shape index (κ2) is 11.4. The summed E-state index contributed by atoms with van der Waals surface area (Å²) in [5.41, 5.74) is 9.67. The van der Waals surface area contributed by atoms with Gasteiger partial charge in [0.05, 0.1) is 0 Å². The molecule has 0 spiro atoms. The summed E-state index contributed by atoms with van der Waals surface area (Å²) in [6.07, 6.45) is -0.400. The summed E-state index contributed by atoms with van der Waals surface area (Å²) in [6, 6.07) is 57.4. The van der Waals surface area contributed by atoms with Crippen molar-refractivity contribution in [3.05, 3.63) is 180 Å². The third-order valence-electron chi connectivity index (χ3n) is 9.19. The number of para-hydroxylation sites is 1. The standard InChI is InChI=1S/C43H31N3O/c1-3-13-31(14-4-1)41-44-42(32-15-5-2-6-16-32)46-43(45-41)37-22-11-23-38-39(37)36-21-10-20-35(40(36)47-38)30-26-24-29(25-27-30)34-19-9-17-28-12-7-8-18-33(28)34/h1-27,41,43,45H,(H,44,46). The average molecular weight is 606 g/mol. The van der Waals surface area contributed by atoms with E-state index in [0.717, 1.165) is 55.6 Å². The zero-order valence-corrected chi connectivity index (χ0v) is 25.6. The first-order chi connectivity index (χ1) is 23.3. The number of benzene rings is 7. The van der Waals surface area contributed by atoms with Crippen LogP contribution in [0.4, 0.5) is 0 Å². The molecule has 0 saturated heterocycles. The summed E-state index contributed by atoms with van der Waals surface area (Å²) in [5.74, 6) is 0.861. The lowest BCUT2D eigenvalue weighted by Gasteiger charge is -2.32. The summed E-state index contributed by atoms with van der Waals surface area (Å²) >= 11 is 0. The van der Waals surface area contributed by atoms with Crippen LogP contribution in [0.5, 0.6) is 0 Å². The lowest BCUT2D eigenvalue weighted by Crippen LogP contribution is -2.45. The van der Waals surface area contributed by atoms with Crippen molar-refractivity contribution in [1.29, 1.82) is 0 Å². The molecule has 0 radical (unpaired) electrons. The van der Waals surface area contributed by atoms with Crippen molar-refractivity contribution >= 4 is 38.5 Å². The van der Waals surface area contributed by atoms with Crippen LogP contribution in [0.1, 0.15) is 29.0 Å². The van der Waals surface area contributed by atoms with Gasteiger partial charge in [-0.25, -0.2) is 4.99 Å². The Hall–Kier alpha value is -5.97. The van der Waals surface area contributed by atoms with E-state index in [1.165, 1.54) is 21.9 Å². The van der Waals surface area contributed by atoms with E-state index < -0.39 is 0 Å². The van der Waals surface area contributed by atoms with Gasteiger partial charge in [-0.3, -0.25) is 5.32 Å². The van der Waals surface area contributed by atoms with Crippen LogP contribution in [0.15, 0.2) is 173 Å². The van der Waals surface area contributed by atoms with Crippen LogP contribution >= 0.6 is 0 Å². The number of nitrogens with zero attached hydrogens (tertiary/aromatic N) is 1. The molecule has 2 unspecified atom stereocenters. The molecular weight excluding hydrogens is 574 g/mol. The van der Waals surface area contributed by atoms with Gasteiger partial charge >= 0.3 is 0 Å². The average Bonchev–Trinajstić information content (AvgIpc) is 3.55. The highest BCUT2D eigenvalue weighted by molar-refractivity contribution is 6.11. The normalized spacial score (nSPS) is 16.3. The second-order valence-corrected chi connectivity index (χ2v) is 12.0. The minimum absolute atomic E-state index is 0.193. The second-order valence-electron chi connectivity index (χ2n) is 12.0. The van der Waals surface area contributed by atoms with Gasteiger partial charge in [0, 0.05) is 27.5 Å². The van der Waals surface area contributed by atoms with Crippen molar-refractivity contribution in [3.8, 4) is 22.3 Å². The molecule has 2 N–H and O–H groups in total. The number of aliphatic imine (C=N–C) groups is 1. The fraction of sp³-hybridized carbons (Fsp3) is 0.0465. The summed E-state index contributed by atoms with van der Waals surface area (Å²) in [5, 5.41) is 12.2. The smallest absolute Gasteiger partial charge is 0.143 e. The van der Waals surface area contributed by atoms with Crippen molar-refractivity contribution in [1.82, 2.24) is 10.6 Å². The number of amidine groups is 1. The molecule has 7 aromatic carbocycles. The van der Waals surface area contributed by atoms with E-state index in [0.29, 0.717) is 0 Å². The van der Waals surface area contributed by atoms with Crippen LogP contribution in [-0.4, -0.2) is 5.84 Å². The molecule has 0 amide bonds. The first-order valence-corrected chi connectivity index (χ1v) is 16.0. The monoisotopic (exact) mass is 605 g/mol. The molecule has 1 aromatic heterocycles.